The minimum Gasteiger partial charge on any atom is -0.462 e. The fourth-order valence-electron chi connectivity index (χ4n) is 6.72. The Kier molecular flexibility index (Phi) is 37.9. The van der Waals surface area contributed by atoms with Crippen molar-refractivity contribution in [3.05, 3.63) is 0 Å². The topological polar surface area (TPSA) is 78.9 Å². The first-order valence-corrected chi connectivity index (χ1v) is 22.8. The Morgan fingerprint density at radius 2 is 0.731 bits per heavy atom. The van der Waals surface area contributed by atoms with Gasteiger partial charge in [-0.1, -0.05) is 208 Å². The van der Waals surface area contributed by atoms with E-state index < -0.39 is 6.10 Å². The molecule has 308 valence electrons. The van der Waals surface area contributed by atoms with Gasteiger partial charge in [0.1, 0.15) is 13.2 Å². The third kappa shape index (κ3) is 38.1. The zero-order valence-electron chi connectivity index (χ0n) is 35.4. The number of rotatable bonds is 40. The molecule has 1 unspecified atom stereocenters. The predicted molar refractivity (Wildman–Crippen MR) is 220 cm³/mol. The molecule has 0 spiro atoms. The molecule has 0 aliphatic rings. The second-order valence-corrected chi connectivity index (χ2v) is 16.4. The number of hydrogen-bond acceptors (Lipinski definition) is 6. The number of ether oxygens (including phenoxy) is 3. The highest BCUT2D eigenvalue weighted by atomic mass is 16.6. The first kappa shape index (κ1) is 50.4. The monoisotopic (exact) mass is 737 g/mol. The van der Waals surface area contributed by atoms with E-state index >= 15 is 0 Å². The van der Waals surface area contributed by atoms with E-state index in [9.17, 15) is 14.4 Å². The Morgan fingerprint density at radius 1 is 0.404 bits per heavy atom. The lowest BCUT2D eigenvalue weighted by Gasteiger charge is -2.18. The molecule has 2 atom stereocenters. The molecule has 0 heterocycles. The average Bonchev–Trinajstić information content (AvgIpc) is 3.12. The van der Waals surface area contributed by atoms with Crippen LogP contribution in [0.25, 0.3) is 0 Å². The van der Waals surface area contributed by atoms with Gasteiger partial charge in [0.05, 0.1) is 0 Å². The summed E-state index contributed by atoms with van der Waals surface area (Å²) in [5.41, 5.74) is 0. The number of hydrogen-bond donors (Lipinski definition) is 0. The van der Waals surface area contributed by atoms with Crippen LogP contribution in [-0.4, -0.2) is 37.2 Å². The van der Waals surface area contributed by atoms with Gasteiger partial charge in [0.25, 0.3) is 0 Å². The first-order chi connectivity index (χ1) is 25.3. The van der Waals surface area contributed by atoms with Crippen LogP contribution in [0.4, 0.5) is 0 Å². The van der Waals surface area contributed by atoms with Crippen LogP contribution in [0.3, 0.4) is 0 Å². The summed E-state index contributed by atoms with van der Waals surface area (Å²) in [7, 11) is 0. The van der Waals surface area contributed by atoms with Gasteiger partial charge in [-0.2, -0.15) is 0 Å². The van der Waals surface area contributed by atoms with E-state index in [1.54, 1.807) is 0 Å². The molecule has 0 saturated heterocycles. The summed E-state index contributed by atoms with van der Waals surface area (Å²) < 4.78 is 16.7. The van der Waals surface area contributed by atoms with E-state index in [1.807, 2.05) is 0 Å². The predicted octanol–water partition coefficient (Wildman–Crippen LogP) is 14.2. The molecule has 6 nitrogen and oxygen atoms in total. The number of carbonyl (C=O) groups excluding carboxylic acids is 3. The Hall–Kier alpha value is -1.59. The van der Waals surface area contributed by atoms with Crippen molar-refractivity contribution in [1.82, 2.24) is 0 Å². The Labute approximate surface area is 323 Å². The van der Waals surface area contributed by atoms with Gasteiger partial charge in [0.2, 0.25) is 0 Å². The standard InChI is InChI=1S/C46H88O6/c1-6-8-9-10-11-16-20-26-31-36-44(47)50-39-43(52-46(49)38-33-28-23-22-25-30-35-42(5)7-2)40-51-45(48)37-32-27-21-18-15-13-12-14-17-19-24-29-34-41(3)4/h41-43H,6-40H2,1-5H3/t42?,43-/m1/s1. The van der Waals surface area contributed by atoms with Gasteiger partial charge >= 0.3 is 17.9 Å². The molecule has 52 heavy (non-hydrogen) atoms. The summed E-state index contributed by atoms with van der Waals surface area (Å²) in [4.78, 5) is 37.6. The lowest BCUT2D eigenvalue weighted by atomic mass is 10.00. The van der Waals surface area contributed by atoms with E-state index in [1.165, 1.54) is 135 Å². The van der Waals surface area contributed by atoms with Crippen molar-refractivity contribution in [3.63, 3.8) is 0 Å². The normalized spacial score (nSPS) is 12.6. The third-order valence-electron chi connectivity index (χ3n) is 10.6. The van der Waals surface area contributed by atoms with Gasteiger partial charge in [-0.05, 0) is 31.1 Å². The molecular weight excluding hydrogens is 649 g/mol. The summed E-state index contributed by atoms with van der Waals surface area (Å²) in [5.74, 6) is 0.781. The van der Waals surface area contributed by atoms with Crippen molar-refractivity contribution in [2.24, 2.45) is 11.8 Å². The molecule has 0 saturated carbocycles. The van der Waals surface area contributed by atoms with Crippen LogP contribution in [-0.2, 0) is 28.6 Å². The quantitative estimate of drug-likeness (QED) is 0.0354. The molecular formula is C46H88O6. The highest BCUT2D eigenvalue weighted by Gasteiger charge is 2.19. The van der Waals surface area contributed by atoms with Gasteiger partial charge in [-0.25, -0.2) is 0 Å². The first-order valence-electron chi connectivity index (χ1n) is 22.8. The lowest BCUT2D eigenvalue weighted by Crippen LogP contribution is -2.30. The Morgan fingerprint density at radius 3 is 1.10 bits per heavy atom. The van der Waals surface area contributed by atoms with Gasteiger partial charge < -0.3 is 14.2 Å². The molecule has 0 radical (unpaired) electrons. The van der Waals surface area contributed by atoms with Gasteiger partial charge in [0, 0.05) is 19.3 Å². The van der Waals surface area contributed by atoms with Crippen molar-refractivity contribution < 1.29 is 28.6 Å². The molecule has 0 bridgehead atoms. The lowest BCUT2D eigenvalue weighted by molar-refractivity contribution is -0.167. The maximum Gasteiger partial charge on any atom is 0.306 e. The Bertz CT molecular complexity index is 796. The smallest absolute Gasteiger partial charge is 0.306 e. The third-order valence-corrected chi connectivity index (χ3v) is 10.6. The number of carbonyl (C=O) groups is 3. The van der Waals surface area contributed by atoms with Crippen molar-refractivity contribution in [2.75, 3.05) is 13.2 Å². The molecule has 0 aliphatic heterocycles. The van der Waals surface area contributed by atoms with Crippen LogP contribution in [0.5, 0.6) is 0 Å². The maximum atomic E-state index is 12.7. The van der Waals surface area contributed by atoms with Gasteiger partial charge in [0.15, 0.2) is 6.10 Å². The van der Waals surface area contributed by atoms with Crippen LogP contribution in [0.1, 0.15) is 247 Å². The number of esters is 3. The Balaban J connectivity index is 4.29. The highest BCUT2D eigenvalue weighted by Crippen LogP contribution is 2.17. The van der Waals surface area contributed by atoms with Gasteiger partial charge in [-0.15, -0.1) is 0 Å². The van der Waals surface area contributed by atoms with E-state index in [4.69, 9.17) is 14.2 Å². The molecule has 0 rings (SSSR count). The molecule has 0 aromatic heterocycles. The molecule has 0 amide bonds. The summed E-state index contributed by atoms with van der Waals surface area (Å²) in [6.07, 6.45) is 36.6. The van der Waals surface area contributed by atoms with E-state index in [-0.39, 0.29) is 31.1 Å². The average molecular weight is 737 g/mol. The molecule has 0 aromatic carbocycles. The van der Waals surface area contributed by atoms with Crippen molar-refractivity contribution >= 4 is 17.9 Å². The van der Waals surface area contributed by atoms with Crippen LogP contribution in [0.15, 0.2) is 0 Å². The van der Waals surface area contributed by atoms with Crippen molar-refractivity contribution in [3.8, 4) is 0 Å². The SMILES string of the molecule is CCCCCCCCCCCC(=O)OC[C@H](COC(=O)CCCCCCCCCCCCCCC(C)C)OC(=O)CCCCCCCCC(C)CC. The zero-order valence-corrected chi connectivity index (χ0v) is 35.4. The fourth-order valence-corrected chi connectivity index (χ4v) is 6.72. The molecule has 0 aromatic rings. The van der Waals surface area contributed by atoms with Crippen LogP contribution < -0.4 is 0 Å². The van der Waals surface area contributed by atoms with E-state index in [0.717, 1.165) is 69.6 Å². The largest absolute Gasteiger partial charge is 0.462 e. The van der Waals surface area contributed by atoms with E-state index in [0.29, 0.717) is 19.3 Å². The van der Waals surface area contributed by atoms with Crippen molar-refractivity contribution in [2.45, 2.75) is 253 Å². The van der Waals surface area contributed by atoms with E-state index in [2.05, 4.69) is 34.6 Å². The minimum atomic E-state index is -0.760. The summed E-state index contributed by atoms with van der Waals surface area (Å²) in [6.45, 7) is 11.3. The zero-order chi connectivity index (χ0) is 38.3. The fraction of sp³-hybridized carbons (Fsp3) is 0.935. The molecule has 0 aliphatic carbocycles. The van der Waals surface area contributed by atoms with Crippen molar-refractivity contribution in [1.29, 1.82) is 0 Å². The summed E-state index contributed by atoms with van der Waals surface area (Å²) in [6, 6.07) is 0. The minimum absolute atomic E-state index is 0.0657. The number of unbranched alkanes of at least 4 members (excludes halogenated alkanes) is 24. The molecule has 6 heteroatoms. The van der Waals surface area contributed by atoms with Crippen LogP contribution in [0.2, 0.25) is 0 Å². The maximum absolute atomic E-state index is 12.7. The van der Waals surface area contributed by atoms with Gasteiger partial charge in [-0.3, -0.25) is 14.4 Å². The molecule has 0 fully saturated rings. The van der Waals surface area contributed by atoms with Crippen LogP contribution in [0, 0.1) is 11.8 Å². The second kappa shape index (κ2) is 39.1. The molecule has 0 N–H and O–H groups in total. The highest BCUT2D eigenvalue weighted by molar-refractivity contribution is 5.71. The second-order valence-electron chi connectivity index (χ2n) is 16.4. The summed E-state index contributed by atoms with van der Waals surface area (Å²) >= 11 is 0. The summed E-state index contributed by atoms with van der Waals surface area (Å²) in [5, 5.41) is 0. The van der Waals surface area contributed by atoms with Crippen LogP contribution >= 0.6 is 0 Å².